The first kappa shape index (κ1) is 11.0. The van der Waals surface area contributed by atoms with Crippen molar-refractivity contribution in [3.8, 4) is 0 Å². The maximum atomic E-state index is 11.9. The number of carbonyl (C=O) groups is 1. The maximum Gasteiger partial charge on any atom is 0.311 e. The standard InChI is InChI=1S/C13H22O2/c1-4-15-12(14)13(3)7-10-5-9(2)6-11(10)8-13/h9-11H,4-8H2,1-3H3. The second kappa shape index (κ2) is 3.80. The SMILES string of the molecule is CCOC(=O)C1(C)CC2CC(C)CC2C1. The van der Waals surface area contributed by atoms with Gasteiger partial charge in [0.15, 0.2) is 0 Å². The van der Waals surface area contributed by atoms with Gasteiger partial charge in [0.2, 0.25) is 0 Å². The van der Waals surface area contributed by atoms with E-state index in [9.17, 15) is 4.79 Å². The highest BCUT2D eigenvalue weighted by atomic mass is 16.5. The monoisotopic (exact) mass is 210 g/mol. The quantitative estimate of drug-likeness (QED) is 0.655. The summed E-state index contributed by atoms with van der Waals surface area (Å²) in [5.41, 5.74) is -0.175. The Labute approximate surface area is 92.4 Å². The summed E-state index contributed by atoms with van der Waals surface area (Å²) in [4.78, 5) is 11.9. The predicted molar refractivity (Wildman–Crippen MR) is 59.4 cm³/mol. The Morgan fingerprint density at radius 2 is 1.87 bits per heavy atom. The van der Waals surface area contributed by atoms with E-state index in [2.05, 4.69) is 13.8 Å². The summed E-state index contributed by atoms with van der Waals surface area (Å²) >= 11 is 0. The molecule has 0 saturated heterocycles. The summed E-state index contributed by atoms with van der Waals surface area (Å²) < 4.78 is 5.18. The van der Waals surface area contributed by atoms with Crippen LogP contribution in [0.1, 0.15) is 46.5 Å². The summed E-state index contributed by atoms with van der Waals surface area (Å²) in [6, 6.07) is 0. The highest BCUT2D eigenvalue weighted by molar-refractivity contribution is 5.76. The second-order valence-corrected chi connectivity index (χ2v) is 5.79. The van der Waals surface area contributed by atoms with Gasteiger partial charge in [-0.25, -0.2) is 0 Å². The van der Waals surface area contributed by atoms with Crippen LogP contribution in [0.5, 0.6) is 0 Å². The van der Waals surface area contributed by atoms with Gasteiger partial charge in [-0.3, -0.25) is 4.79 Å². The molecule has 0 spiro atoms. The molecule has 15 heavy (non-hydrogen) atoms. The van der Waals surface area contributed by atoms with E-state index in [1.165, 1.54) is 12.8 Å². The molecule has 0 aromatic heterocycles. The van der Waals surface area contributed by atoms with Crippen molar-refractivity contribution in [1.29, 1.82) is 0 Å². The third kappa shape index (κ3) is 1.91. The molecular formula is C13H22O2. The normalized spacial score (nSPS) is 44.1. The molecule has 0 radical (unpaired) electrons. The highest BCUT2D eigenvalue weighted by Gasteiger charge is 2.50. The van der Waals surface area contributed by atoms with Crippen LogP contribution in [0.4, 0.5) is 0 Å². The zero-order valence-electron chi connectivity index (χ0n) is 10.1. The van der Waals surface area contributed by atoms with Gasteiger partial charge < -0.3 is 4.74 Å². The van der Waals surface area contributed by atoms with E-state index in [4.69, 9.17) is 4.74 Å². The van der Waals surface area contributed by atoms with Crippen LogP contribution < -0.4 is 0 Å². The van der Waals surface area contributed by atoms with Gasteiger partial charge in [0.25, 0.3) is 0 Å². The van der Waals surface area contributed by atoms with E-state index in [0.29, 0.717) is 6.61 Å². The van der Waals surface area contributed by atoms with Gasteiger partial charge in [-0.1, -0.05) is 6.92 Å². The third-order valence-corrected chi connectivity index (χ3v) is 4.27. The first-order valence-corrected chi connectivity index (χ1v) is 6.22. The summed E-state index contributed by atoms with van der Waals surface area (Å²) in [6.45, 7) is 6.83. The van der Waals surface area contributed by atoms with Gasteiger partial charge >= 0.3 is 5.97 Å². The Bertz CT molecular complexity index is 245. The minimum atomic E-state index is -0.175. The van der Waals surface area contributed by atoms with Crippen molar-refractivity contribution < 1.29 is 9.53 Å². The molecular weight excluding hydrogens is 188 g/mol. The molecule has 2 atom stereocenters. The molecule has 2 aliphatic carbocycles. The highest BCUT2D eigenvalue weighted by Crippen LogP contribution is 2.54. The number of carbonyl (C=O) groups excluding carboxylic acids is 1. The molecule has 2 nitrogen and oxygen atoms in total. The van der Waals surface area contributed by atoms with Crippen LogP contribution in [0.2, 0.25) is 0 Å². The maximum absolute atomic E-state index is 11.9. The molecule has 0 aromatic carbocycles. The van der Waals surface area contributed by atoms with Gasteiger partial charge in [0.1, 0.15) is 0 Å². The molecule has 2 rings (SSSR count). The molecule has 2 aliphatic rings. The fourth-order valence-corrected chi connectivity index (χ4v) is 3.73. The van der Waals surface area contributed by atoms with Crippen LogP contribution in [0, 0.1) is 23.2 Å². The van der Waals surface area contributed by atoms with E-state index >= 15 is 0 Å². The van der Waals surface area contributed by atoms with Crippen LogP contribution in [-0.4, -0.2) is 12.6 Å². The van der Waals surface area contributed by atoms with Crippen LogP contribution in [0.3, 0.4) is 0 Å². The van der Waals surface area contributed by atoms with Crippen LogP contribution in [0.25, 0.3) is 0 Å². The van der Waals surface area contributed by atoms with Crippen molar-refractivity contribution in [2.45, 2.75) is 46.5 Å². The largest absolute Gasteiger partial charge is 0.466 e. The zero-order chi connectivity index (χ0) is 11.1. The minimum Gasteiger partial charge on any atom is -0.466 e. The van der Waals surface area contributed by atoms with E-state index in [1.807, 2.05) is 6.92 Å². The zero-order valence-corrected chi connectivity index (χ0v) is 10.1. The Morgan fingerprint density at radius 3 is 2.33 bits per heavy atom. The van der Waals surface area contributed by atoms with Crippen molar-refractivity contribution in [3.05, 3.63) is 0 Å². The molecule has 0 aromatic rings. The molecule has 2 unspecified atom stereocenters. The van der Waals surface area contributed by atoms with Crippen molar-refractivity contribution in [1.82, 2.24) is 0 Å². The van der Waals surface area contributed by atoms with E-state index < -0.39 is 0 Å². The molecule has 86 valence electrons. The van der Waals surface area contributed by atoms with E-state index in [-0.39, 0.29) is 11.4 Å². The summed E-state index contributed by atoms with van der Waals surface area (Å²) in [5.74, 6) is 2.47. The van der Waals surface area contributed by atoms with Crippen molar-refractivity contribution in [2.75, 3.05) is 6.61 Å². The summed E-state index contributed by atoms with van der Waals surface area (Å²) in [7, 11) is 0. The first-order chi connectivity index (χ1) is 7.05. The smallest absolute Gasteiger partial charge is 0.311 e. The fourth-order valence-electron chi connectivity index (χ4n) is 3.73. The third-order valence-electron chi connectivity index (χ3n) is 4.27. The van der Waals surface area contributed by atoms with Gasteiger partial charge in [-0.05, 0) is 57.3 Å². The minimum absolute atomic E-state index is 0.0343. The predicted octanol–water partition coefficient (Wildman–Crippen LogP) is 3.01. The number of fused-ring (bicyclic) bond motifs is 1. The van der Waals surface area contributed by atoms with E-state index in [0.717, 1.165) is 30.6 Å². The first-order valence-electron chi connectivity index (χ1n) is 6.22. The second-order valence-electron chi connectivity index (χ2n) is 5.79. The van der Waals surface area contributed by atoms with E-state index in [1.54, 1.807) is 0 Å². The lowest BCUT2D eigenvalue weighted by Gasteiger charge is -2.22. The van der Waals surface area contributed by atoms with Crippen molar-refractivity contribution in [2.24, 2.45) is 23.2 Å². The van der Waals surface area contributed by atoms with Gasteiger partial charge in [-0.2, -0.15) is 0 Å². The molecule has 0 N–H and O–H groups in total. The number of esters is 1. The van der Waals surface area contributed by atoms with Crippen LogP contribution in [0.15, 0.2) is 0 Å². The number of ether oxygens (including phenoxy) is 1. The lowest BCUT2D eigenvalue weighted by molar-refractivity contribution is -0.154. The molecule has 0 aliphatic heterocycles. The Kier molecular flexibility index (Phi) is 2.78. The van der Waals surface area contributed by atoms with Crippen molar-refractivity contribution >= 4 is 5.97 Å². The molecule has 0 amide bonds. The lowest BCUT2D eigenvalue weighted by Crippen LogP contribution is -2.28. The molecule has 0 bridgehead atoms. The van der Waals surface area contributed by atoms with Gasteiger partial charge in [0, 0.05) is 0 Å². The number of rotatable bonds is 2. The van der Waals surface area contributed by atoms with Crippen LogP contribution >= 0.6 is 0 Å². The topological polar surface area (TPSA) is 26.3 Å². The Balaban J connectivity index is 2.00. The fraction of sp³-hybridized carbons (Fsp3) is 0.923. The number of hydrogen-bond acceptors (Lipinski definition) is 2. The average Bonchev–Trinajstić information content (AvgIpc) is 2.59. The van der Waals surface area contributed by atoms with Crippen molar-refractivity contribution in [3.63, 3.8) is 0 Å². The van der Waals surface area contributed by atoms with Gasteiger partial charge in [-0.15, -0.1) is 0 Å². The number of hydrogen-bond donors (Lipinski definition) is 0. The molecule has 2 saturated carbocycles. The Hall–Kier alpha value is -0.530. The molecule has 2 heteroatoms. The average molecular weight is 210 g/mol. The summed E-state index contributed by atoms with van der Waals surface area (Å²) in [5, 5.41) is 0. The van der Waals surface area contributed by atoms with Crippen LogP contribution in [-0.2, 0) is 9.53 Å². The molecule has 2 fully saturated rings. The Morgan fingerprint density at radius 1 is 1.33 bits per heavy atom. The summed E-state index contributed by atoms with van der Waals surface area (Å²) in [6.07, 6.45) is 4.75. The van der Waals surface area contributed by atoms with Gasteiger partial charge in [0.05, 0.1) is 12.0 Å². The lowest BCUT2D eigenvalue weighted by atomic mass is 9.85. The molecule has 0 heterocycles.